The molecule has 6 N–H and O–H groups in total. The van der Waals surface area contributed by atoms with Gasteiger partial charge in [-0.25, -0.2) is 13.8 Å². The SMILES string of the molecule is NC(=O)c1cc(F)c(N[C@H]2CCCC[C@H]2N)nc1Nc1ccc2c(c1)c(F)nn2CCF. The van der Waals surface area contributed by atoms with Gasteiger partial charge in [-0.2, -0.15) is 4.39 Å². The predicted molar refractivity (Wildman–Crippen MR) is 116 cm³/mol. The van der Waals surface area contributed by atoms with E-state index in [0.29, 0.717) is 11.2 Å². The number of nitrogens with two attached hydrogens (primary N) is 2. The van der Waals surface area contributed by atoms with E-state index < -0.39 is 24.3 Å². The fourth-order valence-corrected chi connectivity index (χ4v) is 3.99. The number of carbonyl (C=O) groups is 1. The number of nitrogens with one attached hydrogen (secondary N) is 2. The molecule has 8 nitrogen and oxygen atoms in total. The van der Waals surface area contributed by atoms with Crippen LogP contribution in [0.25, 0.3) is 10.9 Å². The van der Waals surface area contributed by atoms with Crippen LogP contribution in [0.2, 0.25) is 0 Å². The van der Waals surface area contributed by atoms with Gasteiger partial charge in [-0.15, -0.1) is 5.10 Å². The molecular formula is C21H24F3N7O. The van der Waals surface area contributed by atoms with Crippen molar-refractivity contribution in [1.29, 1.82) is 0 Å². The summed E-state index contributed by atoms with van der Waals surface area (Å²) >= 11 is 0. The van der Waals surface area contributed by atoms with Crippen molar-refractivity contribution >= 4 is 34.1 Å². The molecule has 0 bridgehead atoms. The second-order valence-electron chi connectivity index (χ2n) is 7.84. The highest BCUT2D eigenvalue weighted by molar-refractivity contribution is 5.99. The van der Waals surface area contributed by atoms with E-state index in [1.54, 1.807) is 12.1 Å². The number of hydrogen-bond donors (Lipinski definition) is 4. The summed E-state index contributed by atoms with van der Waals surface area (Å²) in [6.45, 7) is -0.755. The monoisotopic (exact) mass is 447 g/mol. The zero-order chi connectivity index (χ0) is 22.8. The first-order valence-corrected chi connectivity index (χ1v) is 10.4. The number of alkyl halides is 1. The van der Waals surface area contributed by atoms with Crippen molar-refractivity contribution in [3.05, 3.63) is 41.6 Å². The zero-order valence-corrected chi connectivity index (χ0v) is 17.2. The molecule has 4 rings (SSSR count). The van der Waals surface area contributed by atoms with Crippen LogP contribution in [0.4, 0.5) is 30.5 Å². The molecule has 1 aliphatic carbocycles. The molecule has 0 radical (unpaired) electrons. The molecule has 1 aliphatic rings. The van der Waals surface area contributed by atoms with E-state index in [-0.39, 0.29) is 41.2 Å². The average molecular weight is 447 g/mol. The topological polar surface area (TPSA) is 124 Å². The fraction of sp³-hybridized carbons (Fsp3) is 0.381. The Labute approximate surface area is 182 Å². The number of fused-ring (bicyclic) bond motifs is 1. The number of nitrogens with zero attached hydrogens (tertiary/aromatic N) is 3. The van der Waals surface area contributed by atoms with E-state index in [1.807, 2.05) is 0 Å². The number of amides is 1. The molecule has 2 atom stereocenters. The molecule has 1 aromatic carbocycles. The quantitative estimate of drug-likeness (QED) is 0.441. The third-order valence-corrected chi connectivity index (χ3v) is 5.65. The molecule has 1 saturated carbocycles. The van der Waals surface area contributed by atoms with Crippen molar-refractivity contribution in [2.24, 2.45) is 11.5 Å². The van der Waals surface area contributed by atoms with Crippen molar-refractivity contribution in [1.82, 2.24) is 14.8 Å². The minimum atomic E-state index is -0.872. The van der Waals surface area contributed by atoms with E-state index in [2.05, 4.69) is 20.7 Å². The van der Waals surface area contributed by atoms with Crippen LogP contribution in [0.5, 0.6) is 0 Å². The van der Waals surface area contributed by atoms with Gasteiger partial charge in [0.05, 0.1) is 23.0 Å². The molecule has 1 fully saturated rings. The number of carbonyl (C=O) groups excluding carboxylic acids is 1. The summed E-state index contributed by atoms with van der Waals surface area (Å²) in [5.74, 6) is -2.39. The number of hydrogen-bond acceptors (Lipinski definition) is 6. The van der Waals surface area contributed by atoms with E-state index in [1.165, 1.54) is 10.7 Å². The maximum absolute atomic E-state index is 14.7. The molecular weight excluding hydrogens is 423 g/mol. The highest BCUT2D eigenvalue weighted by atomic mass is 19.1. The van der Waals surface area contributed by atoms with Gasteiger partial charge in [0.15, 0.2) is 11.6 Å². The van der Waals surface area contributed by atoms with Crippen LogP contribution in [0.1, 0.15) is 36.0 Å². The van der Waals surface area contributed by atoms with Gasteiger partial charge in [-0.05, 0) is 37.1 Å². The van der Waals surface area contributed by atoms with Crippen molar-refractivity contribution in [2.45, 2.75) is 44.3 Å². The molecule has 3 aromatic rings. The van der Waals surface area contributed by atoms with Crippen molar-refractivity contribution in [3.8, 4) is 0 Å². The zero-order valence-electron chi connectivity index (χ0n) is 17.2. The summed E-state index contributed by atoms with van der Waals surface area (Å²) in [5, 5.41) is 9.80. The van der Waals surface area contributed by atoms with Crippen molar-refractivity contribution in [2.75, 3.05) is 17.3 Å². The third-order valence-electron chi connectivity index (χ3n) is 5.65. The van der Waals surface area contributed by atoms with Gasteiger partial charge in [0.25, 0.3) is 5.91 Å². The van der Waals surface area contributed by atoms with Gasteiger partial charge in [0.2, 0.25) is 5.95 Å². The van der Waals surface area contributed by atoms with Crippen molar-refractivity contribution < 1.29 is 18.0 Å². The first-order chi connectivity index (χ1) is 15.4. The summed E-state index contributed by atoms with van der Waals surface area (Å²) in [7, 11) is 0. The normalized spacial score (nSPS) is 18.6. The highest BCUT2D eigenvalue weighted by Gasteiger charge is 2.24. The summed E-state index contributed by atoms with van der Waals surface area (Å²) in [4.78, 5) is 16.1. The minimum absolute atomic E-state index is 0.0155. The van der Waals surface area contributed by atoms with Gasteiger partial charge in [-0.1, -0.05) is 12.8 Å². The minimum Gasteiger partial charge on any atom is -0.365 e. The molecule has 0 saturated heterocycles. The molecule has 0 aliphatic heterocycles. The van der Waals surface area contributed by atoms with E-state index in [4.69, 9.17) is 11.5 Å². The number of halogens is 3. The van der Waals surface area contributed by atoms with E-state index in [9.17, 15) is 18.0 Å². The van der Waals surface area contributed by atoms with Crippen LogP contribution >= 0.6 is 0 Å². The van der Waals surface area contributed by atoms with Crippen LogP contribution in [0.3, 0.4) is 0 Å². The molecule has 32 heavy (non-hydrogen) atoms. The Balaban J connectivity index is 1.67. The predicted octanol–water partition coefficient (Wildman–Crippen LogP) is 3.20. The smallest absolute Gasteiger partial charge is 0.252 e. The molecule has 11 heteroatoms. The lowest BCUT2D eigenvalue weighted by Gasteiger charge is -2.30. The summed E-state index contributed by atoms with van der Waals surface area (Å²) in [6, 6.07) is 5.34. The number of benzene rings is 1. The molecule has 1 amide bonds. The Kier molecular flexibility index (Phi) is 6.17. The van der Waals surface area contributed by atoms with Gasteiger partial charge >= 0.3 is 0 Å². The Bertz CT molecular complexity index is 1150. The van der Waals surface area contributed by atoms with Crippen LogP contribution in [-0.4, -0.2) is 39.4 Å². The van der Waals surface area contributed by atoms with Crippen LogP contribution in [-0.2, 0) is 6.54 Å². The Hall–Kier alpha value is -3.34. The van der Waals surface area contributed by atoms with E-state index >= 15 is 0 Å². The lowest BCUT2D eigenvalue weighted by Crippen LogP contribution is -2.43. The molecule has 2 aromatic heterocycles. The Morgan fingerprint density at radius 1 is 1.19 bits per heavy atom. The van der Waals surface area contributed by atoms with Crippen LogP contribution in [0, 0.1) is 11.8 Å². The number of rotatable bonds is 7. The highest BCUT2D eigenvalue weighted by Crippen LogP contribution is 2.28. The van der Waals surface area contributed by atoms with Gasteiger partial charge in [0.1, 0.15) is 12.5 Å². The lowest BCUT2D eigenvalue weighted by atomic mass is 9.91. The van der Waals surface area contributed by atoms with Crippen LogP contribution in [0.15, 0.2) is 24.3 Å². The molecule has 170 valence electrons. The Morgan fingerprint density at radius 2 is 1.97 bits per heavy atom. The Morgan fingerprint density at radius 3 is 2.69 bits per heavy atom. The van der Waals surface area contributed by atoms with E-state index in [0.717, 1.165) is 31.7 Å². The first kappa shape index (κ1) is 21.9. The fourth-order valence-electron chi connectivity index (χ4n) is 3.99. The van der Waals surface area contributed by atoms with Crippen LogP contribution < -0.4 is 22.1 Å². The number of aromatic nitrogens is 3. The summed E-state index contributed by atoms with van der Waals surface area (Å²) in [5.41, 5.74) is 12.2. The standard InChI is InChI=1S/C21H24F3N7O/c22-7-8-31-17-6-5-11(9-12(17)18(24)30-31)27-20-13(19(26)32)10-14(23)21(29-20)28-16-4-2-1-3-15(16)25/h5-6,9-10,15-16H,1-4,7-8,25H2,(H2,26,32)(H2,27,28,29)/t15-,16+/m1/s1. The molecule has 0 unspecified atom stereocenters. The summed E-state index contributed by atoms with van der Waals surface area (Å²) in [6.07, 6.45) is 3.59. The van der Waals surface area contributed by atoms with Gasteiger partial charge in [0, 0.05) is 17.8 Å². The number of anilines is 3. The van der Waals surface area contributed by atoms with Gasteiger partial charge < -0.3 is 22.1 Å². The van der Waals surface area contributed by atoms with Gasteiger partial charge in [-0.3, -0.25) is 9.48 Å². The average Bonchev–Trinajstić information content (AvgIpc) is 3.07. The number of primary amides is 1. The second-order valence-corrected chi connectivity index (χ2v) is 7.84. The molecule has 2 heterocycles. The lowest BCUT2D eigenvalue weighted by molar-refractivity contribution is 0.100. The first-order valence-electron chi connectivity index (χ1n) is 10.4. The second kappa shape index (κ2) is 9.03. The number of aryl methyl sites for hydroxylation is 1. The maximum Gasteiger partial charge on any atom is 0.252 e. The maximum atomic E-state index is 14.7. The third kappa shape index (κ3) is 4.33. The largest absolute Gasteiger partial charge is 0.365 e. The number of pyridine rings is 1. The molecule has 0 spiro atoms. The van der Waals surface area contributed by atoms with Crippen molar-refractivity contribution in [3.63, 3.8) is 0 Å². The summed E-state index contributed by atoms with van der Waals surface area (Å²) < 4.78 is 42.8.